The first-order chi connectivity index (χ1) is 14.6. The molecule has 4 aromatic rings. The van der Waals surface area contributed by atoms with E-state index in [9.17, 15) is 9.18 Å². The highest BCUT2D eigenvalue weighted by Crippen LogP contribution is 2.23. The van der Waals surface area contributed by atoms with Crippen LogP contribution in [0.1, 0.15) is 11.4 Å². The summed E-state index contributed by atoms with van der Waals surface area (Å²) in [5.41, 5.74) is 1.61. The number of fused-ring (bicyclic) bond motifs is 3. The normalized spacial score (nSPS) is 15.2. The molecule has 0 spiro atoms. The maximum absolute atomic E-state index is 14.3. The van der Waals surface area contributed by atoms with Crippen molar-refractivity contribution in [2.75, 3.05) is 31.1 Å². The highest BCUT2D eigenvalue weighted by Gasteiger charge is 2.22. The van der Waals surface area contributed by atoms with E-state index in [0.29, 0.717) is 41.4 Å². The second-order valence-corrected chi connectivity index (χ2v) is 8.21. The predicted octanol–water partition coefficient (Wildman–Crippen LogP) is 1.98. The molecule has 0 amide bonds. The minimum atomic E-state index is -0.369. The third kappa shape index (κ3) is 2.94. The Morgan fingerprint density at radius 1 is 1.20 bits per heavy atom. The number of halogens is 1. The van der Waals surface area contributed by atoms with Crippen LogP contribution >= 0.6 is 11.3 Å². The second kappa shape index (κ2) is 7.19. The van der Waals surface area contributed by atoms with Crippen LogP contribution in [0.25, 0.3) is 16.0 Å². The summed E-state index contributed by atoms with van der Waals surface area (Å²) in [6.45, 7) is 3.42. The summed E-state index contributed by atoms with van der Waals surface area (Å²) in [5.74, 6) is 0.938. The van der Waals surface area contributed by atoms with Crippen LogP contribution < -0.4 is 10.5 Å². The van der Waals surface area contributed by atoms with Gasteiger partial charge in [0.1, 0.15) is 10.5 Å². The molecule has 30 heavy (non-hydrogen) atoms. The fourth-order valence-electron chi connectivity index (χ4n) is 3.94. The lowest BCUT2D eigenvalue weighted by Crippen LogP contribution is -2.46. The fourth-order valence-corrected chi connectivity index (χ4v) is 4.79. The zero-order valence-electron chi connectivity index (χ0n) is 16.2. The van der Waals surface area contributed by atoms with Gasteiger partial charge in [-0.1, -0.05) is 0 Å². The van der Waals surface area contributed by atoms with Crippen molar-refractivity contribution in [2.45, 2.75) is 6.54 Å². The Kier molecular flexibility index (Phi) is 4.49. The Morgan fingerprint density at radius 3 is 2.73 bits per heavy atom. The van der Waals surface area contributed by atoms with Gasteiger partial charge in [0.15, 0.2) is 5.82 Å². The monoisotopic (exact) mass is 423 g/mol. The number of aromatic nitrogens is 4. The van der Waals surface area contributed by atoms with Crippen LogP contribution in [0.5, 0.6) is 0 Å². The summed E-state index contributed by atoms with van der Waals surface area (Å²) < 4.78 is 18.5. The first-order valence-electron chi connectivity index (χ1n) is 9.54. The number of nitriles is 1. The largest absolute Gasteiger partial charge is 0.367 e. The van der Waals surface area contributed by atoms with Gasteiger partial charge in [-0.05, 0) is 29.6 Å². The molecule has 1 aromatic carbocycles. The summed E-state index contributed by atoms with van der Waals surface area (Å²) in [7, 11) is 1.71. The highest BCUT2D eigenvalue weighted by atomic mass is 32.1. The van der Waals surface area contributed by atoms with Crippen LogP contribution in [-0.2, 0) is 13.6 Å². The van der Waals surface area contributed by atoms with E-state index in [1.807, 2.05) is 26.8 Å². The number of thiophene rings is 1. The molecule has 0 unspecified atom stereocenters. The summed E-state index contributed by atoms with van der Waals surface area (Å²) in [6.07, 6.45) is 0. The van der Waals surface area contributed by atoms with Gasteiger partial charge in [0.05, 0.1) is 29.4 Å². The van der Waals surface area contributed by atoms with Gasteiger partial charge in [0, 0.05) is 33.2 Å². The lowest BCUT2D eigenvalue weighted by atomic mass is 10.2. The van der Waals surface area contributed by atoms with Gasteiger partial charge < -0.3 is 4.90 Å². The van der Waals surface area contributed by atoms with Gasteiger partial charge in [-0.15, -0.1) is 21.5 Å². The van der Waals surface area contributed by atoms with Crippen molar-refractivity contribution < 1.29 is 4.39 Å². The number of rotatable bonds is 3. The zero-order valence-corrected chi connectivity index (χ0v) is 17.1. The number of aryl methyl sites for hydroxylation is 1. The molecule has 5 rings (SSSR count). The summed E-state index contributed by atoms with van der Waals surface area (Å²) in [5, 5.41) is 19.4. The molecule has 8 nitrogen and oxygen atoms in total. The third-order valence-corrected chi connectivity index (χ3v) is 6.44. The van der Waals surface area contributed by atoms with Crippen LogP contribution in [0.4, 0.5) is 10.1 Å². The summed E-state index contributed by atoms with van der Waals surface area (Å²) in [4.78, 5) is 16.7. The molecule has 0 aliphatic carbocycles. The van der Waals surface area contributed by atoms with Crippen molar-refractivity contribution in [1.82, 2.24) is 24.1 Å². The van der Waals surface area contributed by atoms with E-state index in [0.717, 1.165) is 24.4 Å². The number of hydrogen-bond donors (Lipinski definition) is 0. The lowest BCUT2D eigenvalue weighted by molar-refractivity contribution is 0.243. The standard InChI is InChI=1S/C20H18FN7OS/c1-25-19(29)18-16(4-9-30-18)28-17(23-24-20(25)28)12-26-5-7-27(8-6-26)15-3-2-13(11-22)10-14(15)21/h2-4,9-10H,5-8,12H2,1H3. The molecule has 1 saturated heterocycles. The van der Waals surface area contributed by atoms with E-state index < -0.39 is 0 Å². The van der Waals surface area contributed by atoms with Crippen molar-refractivity contribution in [3.63, 3.8) is 0 Å². The smallest absolute Gasteiger partial charge is 0.272 e. The number of benzene rings is 1. The number of anilines is 1. The van der Waals surface area contributed by atoms with Crippen molar-refractivity contribution in [2.24, 2.45) is 7.05 Å². The first-order valence-corrected chi connectivity index (χ1v) is 10.4. The first kappa shape index (κ1) is 18.7. The molecule has 152 valence electrons. The summed E-state index contributed by atoms with van der Waals surface area (Å²) >= 11 is 1.42. The minimum absolute atomic E-state index is 0.0653. The average Bonchev–Trinajstić information content (AvgIpc) is 3.40. The molecule has 1 aliphatic rings. The molecular formula is C20H18FN7OS. The van der Waals surface area contributed by atoms with Crippen LogP contribution in [0.3, 0.4) is 0 Å². The van der Waals surface area contributed by atoms with Gasteiger partial charge >= 0.3 is 0 Å². The van der Waals surface area contributed by atoms with Crippen LogP contribution in [-0.4, -0.2) is 50.2 Å². The van der Waals surface area contributed by atoms with Crippen LogP contribution in [0, 0.1) is 17.1 Å². The van der Waals surface area contributed by atoms with Crippen molar-refractivity contribution in [1.29, 1.82) is 5.26 Å². The Balaban J connectivity index is 1.37. The topological polar surface area (TPSA) is 82.5 Å². The molecule has 0 N–H and O–H groups in total. The Morgan fingerprint density at radius 2 is 2.00 bits per heavy atom. The molecule has 0 bridgehead atoms. The van der Waals surface area contributed by atoms with Gasteiger partial charge in [0.2, 0.25) is 5.78 Å². The van der Waals surface area contributed by atoms with Crippen molar-refractivity contribution >= 4 is 33.0 Å². The average molecular weight is 423 g/mol. The van der Waals surface area contributed by atoms with Crippen LogP contribution in [0.15, 0.2) is 34.4 Å². The number of piperazine rings is 1. The molecule has 4 heterocycles. The Labute approximate surface area is 175 Å². The number of nitrogens with zero attached hydrogens (tertiary/aromatic N) is 7. The van der Waals surface area contributed by atoms with Crippen molar-refractivity contribution in [3.8, 4) is 6.07 Å². The second-order valence-electron chi connectivity index (χ2n) is 7.29. The van der Waals surface area contributed by atoms with Crippen molar-refractivity contribution in [3.05, 3.63) is 57.2 Å². The minimum Gasteiger partial charge on any atom is -0.367 e. The molecule has 0 atom stereocenters. The van der Waals surface area contributed by atoms with E-state index >= 15 is 0 Å². The molecule has 1 aliphatic heterocycles. The van der Waals surface area contributed by atoms with E-state index in [4.69, 9.17) is 5.26 Å². The maximum Gasteiger partial charge on any atom is 0.272 e. The molecule has 1 fully saturated rings. The quantitative estimate of drug-likeness (QED) is 0.501. The predicted molar refractivity (Wildman–Crippen MR) is 112 cm³/mol. The van der Waals surface area contributed by atoms with E-state index in [1.54, 1.807) is 19.2 Å². The molecule has 0 radical (unpaired) electrons. The van der Waals surface area contributed by atoms with E-state index in [2.05, 4.69) is 15.1 Å². The summed E-state index contributed by atoms with van der Waals surface area (Å²) in [6, 6.07) is 8.47. The SMILES string of the molecule is Cn1c(=O)c2sccc2n2c(CN3CCN(c4ccc(C#N)cc4F)CC3)nnc12. The molecule has 0 saturated carbocycles. The molecular weight excluding hydrogens is 405 g/mol. The fraction of sp³-hybridized carbons (Fsp3) is 0.300. The molecule has 3 aromatic heterocycles. The van der Waals surface area contributed by atoms with Gasteiger partial charge in [-0.2, -0.15) is 5.26 Å². The van der Waals surface area contributed by atoms with E-state index in [1.165, 1.54) is 22.0 Å². The zero-order chi connectivity index (χ0) is 20.8. The van der Waals surface area contributed by atoms with Gasteiger partial charge in [-0.3, -0.25) is 18.7 Å². The van der Waals surface area contributed by atoms with Gasteiger partial charge in [-0.25, -0.2) is 4.39 Å². The van der Waals surface area contributed by atoms with E-state index in [-0.39, 0.29) is 11.4 Å². The number of hydrogen-bond acceptors (Lipinski definition) is 7. The third-order valence-electron chi connectivity index (χ3n) is 5.55. The highest BCUT2D eigenvalue weighted by molar-refractivity contribution is 7.17. The molecule has 10 heteroatoms. The van der Waals surface area contributed by atoms with Crippen LogP contribution in [0.2, 0.25) is 0 Å². The van der Waals surface area contributed by atoms with Gasteiger partial charge in [0.25, 0.3) is 5.56 Å². The maximum atomic E-state index is 14.3. The Hall–Kier alpha value is -3.29. The lowest BCUT2D eigenvalue weighted by Gasteiger charge is -2.35. The Bertz CT molecular complexity index is 1360.